The maximum absolute atomic E-state index is 14.0. The summed E-state index contributed by atoms with van der Waals surface area (Å²) in [6.07, 6.45) is -0.0466. The fourth-order valence-corrected chi connectivity index (χ4v) is 3.78. The molecular formula is C24H29ClFN5O4. The van der Waals surface area contributed by atoms with Crippen LogP contribution in [0.25, 0.3) is 0 Å². The van der Waals surface area contributed by atoms with Gasteiger partial charge in [-0.15, -0.1) is 0 Å². The average Bonchev–Trinajstić information content (AvgIpc) is 3.21. The van der Waals surface area contributed by atoms with Gasteiger partial charge in [0, 0.05) is 23.8 Å². The Morgan fingerprint density at radius 3 is 2.77 bits per heavy atom. The monoisotopic (exact) mass is 505 g/mol. The molecule has 1 aromatic carbocycles. The molecule has 188 valence electrons. The summed E-state index contributed by atoms with van der Waals surface area (Å²) in [6, 6.07) is 3.67. The number of hydrogen-bond acceptors (Lipinski definition) is 7. The molecule has 1 atom stereocenters. The molecule has 2 amide bonds. The van der Waals surface area contributed by atoms with Crippen molar-refractivity contribution in [2.45, 2.75) is 39.7 Å². The second-order valence-electron chi connectivity index (χ2n) is 8.29. The predicted molar refractivity (Wildman–Crippen MR) is 131 cm³/mol. The Bertz CT molecular complexity index is 1130. The van der Waals surface area contributed by atoms with Crippen molar-refractivity contribution in [2.75, 3.05) is 26.2 Å². The molecule has 1 aromatic rings. The van der Waals surface area contributed by atoms with Crippen LogP contribution in [0.4, 0.5) is 4.39 Å². The summed E-state index contributed by atoms with van der Waals surface area (Å²) < 4.78 is 20.0. The van der Waals surface area contributed by atoms with Crippen molar-refractivity contribution in [3.05, 3.63) is 51.7 Å². The van der Waals surface area contributed by atoms with Crippen LogP contribution in [0.15, 0.2) is 45.3 Å². The van der Waals surface area contributed by atoms with E-state index in [0.717, 1.165) is 6.07 Å². The summed E-state index contributed by atoms with van der Waals surface area (Å²) in [5.41, 5.74) is 2.30. The average molecular weight is 506 g/mol. The maximum atomic E-state index is 14.0. The lowest BCUT2D eigenvalue weighted by Gasteiger charge is -2.22. The lowest BCUT2D eigenvalue weighted by atomic mass is 10.1. The molecule has 0 aliphatic carbocycles. The van der Waals surface area contributed by atoms with Crippen LogP contribution in [-0.4, -0.2) is 65.6 Å². The quantitative estimate of drug-likeness (QED) is 0.432. The normalized spacial score (nSPS) is 18.9. The fourth-order valence-electron chi connectivity index (χ4n) is 3.69. The van der Waals surface area contributed by atoms with Gasteiger partial charge >= 0.3 is 0 Å². The number of nitrogens with zero attached hydrogens (tertiary/aromatic N) is 2. The van der Waals surface area contributed by atoms with Crippen molar-refractivity contribution < 1.29 is 23.8 Å². The van der Waals surface area contributed by atoms with Gasteiger partial charge in [-0.05, 0) is 32.4 Å². The zero-order valence-corrected chi connectivity index (χ0v) is 20.6. The van der Waals surface area contributed by atoms with Crippen LogP contribution in [-0.2, 0) is 4.79 Å². The SMILES string of the molecule is CC[C@H](CNC(=O)CCO)Oc1cc(F)ccc1C(=O)N1CC(=N)/C(=C2/N=C(C)C(Cl)=C(C)N2)C1. The molecule has 0 unspecified atom stereocenters. The van der Waals surface area contributed by atoms with Gasteiger partial charge in [0.15, 0.2) is 0 Å². The number of allylic oxidation sites excluding steroid dienone is 2. The van der Waals surface area contributed by atoms with E-state index in [1.165, 1.54) is 17.0 Å². The standard InChI is InChI=1S/C24H29ClFN5O4/c1-4-16(10-28-21(33)7-8-32)35-20-9-15(26)5-6-17(20)24(34)31-11-18(19(27)12-31)23-29-13(2)22(25)14(3)30-23/h5-6,9,16,27,29,32H,4,7-8,10-12H2,1-3H3,(H,28,33)/b23-18+,27-19?/t16-/m1/s1. The van der Waals surface area contributed by atoms with Crippen molar-refractivity contribution in [3.8, 4) is 5.75 Å². The van der Waals surface area contributed by atoms with Gasteiger partial charge in [0.2, 0.25) is 5.91 Å². The number of ether oxygens (including phenoxy) is 1. The highest BCUT2D eigenvalue weighted by Crippen LogP contribution is 2.28. The molecule has 11 heteroatoms. The van der Waals surface area contributed by atoms with Gasteiger partial charge in [-0.3, -0.25) is 9.59 Å². The summed E-state index contributed by atoms with van der Waals surface area (Å²) in [6.45, 7) is 5.50. The Balaban J connectivity index is 1.80. The number of nitrogens with one attached hydrogen (secondary N) is 3. The number of aliphatic imine (C=N–C) groups is 1. The number of likely N-dealkylation sites (tertiary alicyclic amines) is 1. The Kier molecular flexibility index (Phi) is 8.63. The second kappa shape index (κ2) is 11.5. The van der Waals surface area contributed by atoms with Gasteiger partial charge in [-0.25, -0.2) is 9.38 Å². The van der Waals surface area contributed by atoms with Crippen LogP contribution in [0.3, 0.4) is 0 Å². The number of aliphatic hydroxyl groups excluding tert-OH is 1. The van der Waals surface area contributed by atoms with E-state index in [0.29, 0.717) is 34.3 Å². The second-order valence-corrected chi connectivity index (χ2v) is 8.67. The molecular weight excluding hydrogens is 477 g/mol. The highest BCUT2D eigenvalue weighted by molar-refractivity contribution is 6.43. The predicted octanol–water partition coefficient (Wildman–Crippen LogP) is 2.70. The summed E-state index contributed by atoms with van der Waals surface area (Å²) in [5.74, 6) is -0.780. The van der Waals surface area contributed by atoms with E-state index in [2.05, 4.69) is 15.6 Å². The van der Waals surface area contributed by atoms with Gasteiger partial charge in [0.1, 0.15) is 23.5 Å². The minimum absolute atomic E-state index is 0.0289. The van der Waals surface area contributed by atoms with E-state index in [-0.39, 0.29) is 55.6 Å². The summed E-state index contributed by atoms with van der Waals surface area (Å²) in [4.78, 5) is 30.9. The van der Waals surface area contributed by atoms with E-state index in [1.807, 2.05) is 6.92 Å². The van der Waals surface area contributed by atoms with Gasteiger partial charge in [0.05, 0.1) is 48.3 Å². The minimum atomic E-state index is -0.567. The van der Waals surface area contributed by atoms with Crippen molar-refractivity contribution >= 4 is 34.8 Å². The minimum Gasteiger partial charge on any atom is -0.488 e. The van der Waals surface area contributed by atoms with Gasteiger partial charge in [-0.1, -0.05) is 18.5 Å². The number of aliphatic hydroxyl groups is 1. The van der Waals surface area contributed by atoms with Crippen LogP contribution in [0.5, 0.6) is 5.75 Å². The third kappa shape index (κ3) is 6.26. The first kappa shape index (κ1) is 26.4. The number of halogens is 2. The molecule has 1 saturated heterocycles. The third-order valence-electron chi connectivity index (χ3n) is 5.66. The largest absolute Gasteiger partial charge is 0.488 e. The lowest BCUT2D eigenvalue weighted by molar-refractivity contribution is -0.122. The Morgan fingerprint density at radius 2 is 2.11 bits per heavy atom. The number of hydrogen-bond donors (Lipinski definition) is 4. The van der Waals surface area contributed by atoms with Crippen LogP contribution in [0.1, 0.15) is 44.0 Å². The zero-order chi connectivity index (χ0) is 25.7. The molecule has 2 aliphatic heterocycles. The van der Waals surface area contributed by atoms with Crippen LogP contribution < -0.4 is 15.4 Å². The van der Waals surface area contributed by atoms with E-state index < -0.39 is 17.8 Å². The molecule has 3 rings (SSSR count). The highest BCUT2D eigenvalue weighted by Gasteiger charge is 2.32. The van der Waals surface area contributed by atoms with Crippen LogP contribution >= 0.6 is 11.6 Å². The molecule has 4 N–H and O–H groups in total. The molecule has 0 bridgehead atoms. The summed E-state index contributed by atoms with van der Waals surface area (Å²) >= 11 is 6.19. The first-order valence-electron chi connectivity index (χ1n) is 11.3. The van der Waals surface area contributed by atoms with Gasteiger partial charge < -0.3 is 30.8 Å². The maximum Gasteiger partial charge on any atom is 0.258 e. The van der Waals surface area contributed by atoms with Gasteiger partial charge in [0.25, 0.3) is 5.91 Å². The number of carbonyl (C=O) groups is 2. The molecule has 2 heterocycles. The molecule has 2 aliphatic rings. The summed E-state index contributed by atoms with van der Waals surface area (Å²) in [5, 5.41) is 23.5. The van der Waals surface area contributed by atoms with Crippen LogP contribution in [0, 0.1) is 11.2 Å². The van der Waals surface area contributed by atoms with Crippen molar-refractivity contribution in [1.82, 2.24) is 15.5 Å². The topological polar surface area (TPSA) is 127 Å². The Labute approximate surface area is 208 Å². The first-order valence-corrected chi connectivity index (χ1v) is 11.6. The van der Waals surface area contributed by atoms with Crippen molar-refractivity contribution in [3.63, 3.8) is 0 Å². The molecule has 0 saturated carbocycles. The van der Waals surface area contributed by atoms with Gasteiger partial charge in [-0.2, -0.15) is 0 Å². The molecule has 35 heavy (non-hydrogen) atoms. The first-order chi connectivity index (χ1) is 16.6. The number of rotatable bonds is 8. The van der Waals surface area contributed by atoms with Crippen molar-refractivity contribution in [1.29, 1.82) is 5.41 Å². The smallest absolute Gasteiger partial charge is 0.258 e. The molecule has 0 spiro atoms. The van der Waals surface area contributed by atoms with E-state index in [1.54, 1.807) is 13.8 Å². The third-order valence-corrected chi connectivity index (χ3v) is 6.21. The van der Waals surface area contributed by atoms with E-state index in [9.17, 15) is 14.0 Å². The summed E-state index contributed by atoms with van der Waals surface area (Å²) in [7, 11) is 0. The Morgan fingerprint density at radius 1 is 1.37 bits per heavy atom. The number of carbonyl (C=O) groups excluding carboxylic acids is 2. The molecule has 0 radical (unpaired) electrons. The molecule has 9 nitrogen and oxygen atoms in total. The zero-order valence-electron chi connectivity index (χ0n) is 19.9. The van der Waals surface area contributed by atoms with E-state index >= 15 is 0 Å². The molecule has 1 fully saturated rings. The van der Waals surface area contributed by atoms with Crippen LogP contribution in [0.2, 0.25) is 0 Å². The number of benzene rings is 1. The number of amides is 2. The highest BCUT2D eigenvalue weighted by atomic mass is 35.5. The fraction of sp³-hybridized carbons (Fsp3) is 0.417. The Hall–Kier alpha value is -3.24. The molecule has 0 aromatic heterocycles. The van der Waals surface area contributed by atoms with Crippen molar-refractivity contribution in [2.24, 2.45) is 4.99 Å². The van der Waals surface area contributed by atoms with E-state index in [4.69, 9.17) is 26.9 Å². The lowest BCUT2D eigenvalue weighted by Crippen LogP contribution is -2.36.